The Morgan fingerprint density at radius 1 is 1.57 bits per heavy atom. The van der Waals surface area contributed by atoms with Crippen LogP contribution in [0.2, 0.25) is 5.15 Å². The Hall–Kier alpha value is -0.390. The molecule has 14 heavy (non-hydrogen) atoms. The van der Waals surface area contributed by atoms with Gasteiger partial charge in [0.1, 0.15) is 0 Å². The summed E-state index contributed by atoms with van der Waals surface area (Å²) < 4.78 is 7.96. The first kappa shape index (κ1) is 10.1. The molecule has 2 heterocycles. The van der Waals surface area contributed by atoms with E-state index in [1.165, 1.54) is 0 Å². The van der Waals surface area contributed by atoms with Crippen LogP contribution in [-0.4, -0.2) is 32.5 Å². The predicted octanol–water partition coefficient (Wildman–Crippen LogP) is 1.54. The fraction of sp³-hybridized carbons (Fsp3) is 0.750. The third-order valence-corrected chi connectivity index (χ3v) is 3.29. The van der Waals surface area contributed by atoms with Gasteiger partial charge in [0.2, 0.25) is 0 Å². The highest BCUT2D eigenvalue weighted by Gasteiger charge is 2.42. The Morgan fingerprint density at radius 2 is 2.29 bits per heavy atom. The summed E-state index contributed by atoms with van der Waals surface area (Å²) in [5, 5.41) is 10.4. The van der Waals surface area contributed by atoms with E-state index < -0.39 is 5.60 Å². The van der Waals surface area contributed by atoms with Gasteiger partial charge in [0.25, 0.3) is 0 Å². The highest BCUT2D eigenvalue weighted by molar-refractivity contribution is 6.99. The Bertz CT molecular complexity index is 324. The highest BCUT2D eigenvalue weighted by Crippen LogP contribution is 2.33. The highest BCUT2D eigenvalue weighted by atomic mass is 35.5. The van der Waals surface area contributed by atoms with E-state index in [2.05, 4.69) is 15.7 Å². The van der Waals surface area contributed by atoms with E-state index in [0.717, 1.165) is 24.6 Å². The quantitative estimate of drug-likeness (QED) is 0.861. The average Bonchev–Trinajstić information content (AvgIpc) is 2.47. The summed E-state index contributed by atoms with van der Waals surface area (Å²) in [6.45, 7) is 3.30. The van der Waals surface area contributed by atoms with Gasteiger partial charge in [-0.3, -0.25) is 0 Å². The van der Waals surface area contributed by atoms with Crippen LogP contribution in [0.4, 0.5) is 5.82 Å². The minimum Gasteiger partial charge on any atom is -0.386 e. The van der Waals surface area contributed by atoms with Crippen LogP contribution in [0, 0.1) is 0 Å². The number of halogens is 1. The zero-order valence-corrected chi connectivity index (χ0v) is 9.48. The minimum atomic E-state index is -0.540. The number of hydrogen-bond donors (Lipinski definition) is 1. The summed E-state index contributed by atoms with van der Waals surface area (Å²) in [6, 6.07) is 0. The van der Waals surface area contributed by atoms with Gasteiger partial charge in [-0.05, 0) is 6.42 Å². The Labute approximate surface area is 91.8 Å². The van der Waals surface area contributed by atoms with E-state index >= 15 is 0 Å². The van der Waals surface area contributed by atoms with Gasteiger partial charge < -0.3 is 10.0 Å². The fourth-order valence-electron chi connectivity index (χ4n) is 1.80. The molecule has 0 spiro atoms. The molecule has 0 aromatic carbocycles. The van der Waals surface area contributed by atoms with Gasteiger partial charge in [-0.1, -0.05) is 24.9 Å². The van der Waals surface area contributed by atoms with E-state index in [9.17, 15) is 5.11 Å². The van der Waals surface area contributed by atoms with E-state index in [0.29, 0.717) is 24.1 Å². The van der Waals surface area contributed by atoms with E-state index in [1.807, 2.05) is 4.90 Å². The van der Waals surface area contributed by atoms with Crippen LogP contribution in [-0.2, 0) is 0 Å². The summed E-state index contributed by atoms with van der Waals surface area (Å²) in [6.07, 6.45) is 1.83. The Morgan fingerprint density at radius 3 is 2.79 bits per heavy atom. The smallest absolute Gasteiger partial charge is 0.187 e. The number of anilines is 1. The Balaban J connectivity index is 1.98. The summed E-state index contributed by atoms with van der Waals surface area (Å²) >= 11 is 6.93. The Kier molecular flexibility index (Phi) is 2.64. The molecule has 1 aromatic heterocycles. The normalized spacial score (nSPS) is 19.5. The number of hydrogen-bond acceptors (Lipinski definition) is 5. The van der Waals surface area contributed by atoms with Crippen LogP contribution < -0.4 is 4.90 Å². The topological polar surface area (TPSA) is 49.2 Å². The summed E-state index contributed by atoms with van der Waals surface area (Å²) in [5.41, 5.74) is -0.540. The first-order valence-corrected chi connectivity index (χ1v) is 5.71. The standard InChI is InChI=1S/C8H12ClN3OS/c1-2-3-8(13)4-12(5-8)7-6(9)10-14-11-7/h13H,2-5H2,1H3. The SMILES string of the molecule is CCCC1(O)CN(c2nsnc2Cl)C1. The first-order chi connectivity index (χ1) is 6.64. The molecule has 2 rings (SSSR count). The van der Waals surface area contributed by atoms with Crippen molar-refractivity contribution in [3.05, 3.63) is 5.15 Å². The van der Waals surface area contributed by atoms with Crippen LogP contribution in [0.1, 0.15) is 19.8 Å². The third kappa shape index (κ3) is 1.71. The molecule has 0 aliphatic carbocycles. The largest absolute Gasteiger partial charge is 0.386 e. The number of aliphatic hydroxyl groups is 1. The molecule has 1 N–H and O–H groups in total. The van der Waals surface area contributed by atoms with Crippen LogP contribution in [0.15, 0.2) is 0 Å². The summed E-state index contributed by atoms with van der Waals surface area (Å²) in [7, 11) is 0. The molecule has 0 saturated carbocycles. The maximum atomic E-state index is 9.94. The summed E-state index contributed by atoms with van der Waals surface area (Å²) in [4.78, 5) is 1.96. The van der Waals surface area contributed by atoms with Crippen molar-refractivity contribution in [3.63, 3.8) is 0 Å². The monoisotopic (exact) mass is 233 g/mol. The first-order valence-electron chi connectivity index (χ1n) is 4.60. The van der Waals surface area contributed by atoms with Gasteiger partial charge in [-0.25, -0.2) is 0 Å². The lowest BCUT2D eigenvalue weighted by molar-refractivity contribution is 0.00304. The predicted molar refractivity (Wildman–Crippen MR) is 57.0 cm³/mol. The number of rotatable bonds is 3. The molecule has 0 unspecified atom stereocenters. The lowest BCUT2D eigenvalue weighted by atomic mass is 9.89. The van der Waals surface area contributed by atoms with Crippen molar-refractivity contribution in [1.29, 1.82) is 0 Å². The van der Waals surface area contributed by atoms with Gasteiger partial charge in [-0.15, -0.1) is 0 Å². The number of aromatic nitrogens is 2. The molecule has 0 radical (unpaired) electrons. The molecule has 1 fully saturated rings. The molecule has 0 atom stereocenters. The lowest BCUT2D eigenvalue weighted by Crippen LogP contribution is -2.62. The fourth-order valence-corrected chi connectivity index (χ4v) is 2.58. The van der Waals surface area contributed by atoms with Crippen molar-refractivity contribution < 1.29 is 5.11 Å². The zero-order chi connectivity index (χ0) is 10.2. The van der Waals surface area contributed by atoms with Crippen LogP contribution in [0.25, 0.3) is 0 Å². The molecule has 1 saturated heterocycles. The third-order valence-electron chi connectivity index (χ3n) is 2.42. The zero-order valence-electron chi connectivity index (χ0n) is 7.90. The summed E-state index contributed by atoms with van der Waals surface area (Å²) in [5.74, 6) is 0.706. The van der Waals surface area contributed by atoms with E-state index in [-0.39, 0.29) is 0 Å². The van der Waals surface area contributed by atoms with E-state index in [1.54, 1.807) is 0 Å². The van der Waals surface area contributed by atoms with Crippen LogP contribution in [0.5, 0.6) is 0 Å². The van der Waals surface area contributed by atoms with E-state index in [4.69, 9.17) is 11.6 Å². The second-order valence-electron chi connectivity index (χ2n) is 3.71. The molecule has 6 heteroatoms. The lowest BCUT2D eigenvalue weighted by Gasteiger charge is -2.46. The van der Waals surface area contributed by atoms with Gasteiger partial charge in [0.05, 0.1) is 30.4 Å². The molecule has 0 amide bonds. The molecule has 78 valence electrons. The van der Waals surface area contributed by atoms with Crippen molar-refractivity contribution in [2.75, 3.05) is 18.0 Å². The van der Waals surface area contributed by atoms with Gasteiger partial charge in [0.15, 0.2) is 11.0 Å². The van der Waals surface area contributed by atoms with Crippen molar-refractivity contribution in [3.8, 4) is 0 Å². The molecular weight excluding hydrogens is 222 g/mol. The van der Waals surface area contributed by atoms with Crippen molar-refractivity contribution in [2.45, 2.75) is 25.4 Å². The maximum Gasteiger partial charge on any atom is 0.187 e. The second kappa shape index (κ2) is 3.64. The number of nitrogens with zero attached hydrogens (tertiary/aromatic N) is 3. The van der Waals surface area contributed by atoms with Crippen molar-refractivity contribution in [2.24, 2.45) is 0 Å². The number of β-amino-alcohol motifs (C(OH)–C–C–N with tert-alkyl or cyclic N) is 1. The van der Waals surface area contributed by atoms with Gasteiger partial charge in [-0.2, -0.15) is 8.75 Å². The molecule has 1 aromatic rings. The van der Waals surface area contributed by atoms with Crippen molar-refractivity contribution >= 4 is 29.1 Å². The molecule has 1 aliphatic heterocycles. The molecule has 1 aliphatic rings. The minimum absolute atomic E-state index is 0.438. The van der Waals surface area contributed by atoms with Gasteiger partial charge >= 0.3 is 0 Å². The molecular formula is C8H12ClN3OS. The molecule has 4 nitrogen and oxygen atoms in total. The average molecular weight is 234 g/mol. The van der Waals surface area contributed by atoms with Crippen LogP contribution >= 0.6 is 23.3 Å². The van der Waals surface area contributed by atoms with Crippen molar-refractivity contribution in [1.82, 2.24) is 8.75 Å². The maximum absolute atomic E-state index is 9.94. The second-order valence-corrected chi connectivity index (χ2v) is 4.60. The van der Waals surface area contributed by atoms with Gasteiger partial charge in [0, 0.05) is 0 Å². The van der Waals surface area contributed by atoms with Crippen LogP contribution in [0.3, 0.4) is 0 Å². The molecule has 0 bridgehead atoms.